The molecule has 0 saturated heterocycles. The summed E-state index contributed by atoms with van der Waals surface area (Å²) in [6.45, 7) is -0.589. The molecule has 0 aromatic carbocycles. The van der Waals surface area contributed by atoms with Crippen LogP contribution in [0.4, 0.5) is 4.79 Å². The number of carboxylic acids is 2. The number of nitrogens with zero attached hydrogens (tertiary/aromatic N) is 2. The predicted octanol–water partition coefficient (Wildman–Crippen LogP) is -0.797. The highest BCUT2D eigenvalue weighted by Crippen LogP contribution is 2.07. The molecule has 0 aliphatic carbocycles. The summed E-state index contributed by atoms with van der Waals surface area (Å²) in [5, 5.41) is 51.9. The van der Waals surface area contributed by atoms with E-state index < -0.39 is 54.0 Å². The Bertz CT molecular complexity index is 446. The molecule has 0 rings (SSSR count). The SMILES string of the molecule is O=C(O)CC(NC(=O)OCCCCC(CON(O)O)ON(O)O)C(=O)O. The number of unbranched alkanes of at least 4 members (excludes halogenated alkanes) is 1. The van der Waals surface area contributed by atoms with Crippen molar-refractivity contribution in [3.05, 3.63) is 0 Å². The smallest absolute Gasteiger partial charge is 0.407 e. The third-order valence-electron chi connectivity index (χ3n) is 2.74. The topological polar surface area (TPSA) is 219 Å². The fourth-order valence-electron chi connectivity index (χ4n) is 1.65. The minimum atomic E-state index is -1.63. The molecule has 2 unspecified atom stereocenters. The summed E-state index contributed by atoms with van der Waals surface area (Å²) < 4.78 is 4.69. The third kappa shape index (κ3) is 13.2. The van der Waals surface area contributed by atoms with Gasteiger partial charge in [0.25, 0.3) is 0 Å². The number of rotatable bonds is 14. The first kappa shape index (κ1) is 23.9. The number of carbonyl (C=O) groups excluding carboxylic acids is 1. The second-order valence-corrected chi connectivity index (χ2v) is 4.79. The molecule has 0 aliphatic rings. The summed E-state index contributed by atoms with van der Waals surface area (Å²) in [6.07, 6.45) is -2.20. The van der Waals surface area contributed by atoms with Gasteiger partial charge in [-0.2, -0.15) is 0 Å². The number of aliphatic carboxylic acids is 2. The van der Waals surface area contributed by atoms with E-state index in [2.05, 4.69) is 14.4 Å². The normalized spacial score (nSPS) is 13.5. The quantitative estimate of drug-likeness (QED) is 0.143. The summed E-state index contributed by atoms with van der Waals surface area (Å²) in [7, 11) is 0. The Balaban J connectivity index is 4.08. The van der Waals surface area contributed by atoms with Crippen molar-refractivity contribution in [2.45, 2.75) is 37.8 Å². The van der Waals surface area contributed by atoms with E-state index in [1.165, 1.54) is 0 Å². The number of ether oxygens (including phenoxy) is 1. The number of nitrogens with one attached hydrogen (secondary N) is 1. The van der Waals surface area contributed by atoms with Crippen molar-refractivity contribution in [2.24, 2.45) is 0 Å². The fourth-order valence-corrected chi connectivity index (χ4v) is 1.65. The molecule has 0 aliphatic heterocycles. The average Bonchev–Trinajstić information content (AvgIpc) is 2.50. The molecule has 0 fully saturated rings. The van der Waals surface area contributed by atoms with Crippen LogP contribution in [0, 0.1) is 0 Å². The first-order valence-electron chi connectivity index (χ1n) is 7.15. The van der Waals surface area contributed by atoms with E-state index in [0.29, 0.717) is 6.42 Å². The third-order valence-corrected chi connectivity index (χ3v) is 2.74. The summed E-state index contributed by atoms with van der Waals surface area (Å²) >= 11 is 0. The lowest BCUT2D eigenvalue weighted by molar-refractivity contribution is -0.527. The lowest BCUT2D eigenvalue weighted by Crippen LogP contribution is -2.42. The van der Waals surface area contributed by atoms with Crippen molar-refractivity contribution in [2.75, 3.05) is 13.2 Å². The van der Waals surface area contributed by atoms with Crippen LogP contribution in [-0.2, 0) is 24.0 Å². The molecule has 0 saturated carbocycles. The molecular weight excluding hydrogens is 366 g/mol. The van der Waals surface area contributed by atoms with Crippen LogP contribution >= 0.6 is 0 Å². The zero-order valence-corrected chi connectivity index (χ0v) is 13.4. The number of hydrogen-bond donors (Lipinski definition) is 7. The molecule has 0 bridgehead atoms. The second kappa shape index (κ2) is 13.1. The Morgan fingerprint density at radius 1 is 1.00 bits per heavy atom. The molecule has 0 heterocycles. The van der Waals surface area contributed by atoms with E-state index in [-0.39, 0.29) is 19.4 Å². The van der Waals surface area contributed by atoms with Gasteiger partial charge in [-0.05, 0) is 19.3 Å². The molecule has 0 radical (unpaired) electrons. The summed E-state index contributed by atoms with van der Waals surface area (Å²) in [5.74, 6) is -2.93. The maximum absolute atomic E-state index is 11.4. The number of alkyl carbamates (subject to hydrolysis) is 1. The standard InChI is InChI=1S/C11H21N3O12/c15-9(16)5-8(10(17)18)12-11(19)24-4-2-1-3-7(26-14(22)23)6-25-13(20)21/h7-8,20-23H,1-6H2,(H,12,19)(H,15,16)(H,17,18). The van der Waals surface area contributed by atoms with Gasteiger partial charge in [-0.15, -0.1) is 0 Å². The Hall–Kier alpha value is -2.11. The molecular formula is C11H21N3O12. The Morgan fingerprint density at radius 2 is 1.65 bits per heavy atom. The molecule has 0 aromatic heterocycles. The van der Waals surface area contributed by atoms with E-state index in [1.54, 1.807) is 0 Å². The second-order valence-electron chi connectivity index (χ2n) is 4.79. The van der Waals surface area contributed by atoms with E-state index in [1.807, 2.05) is 5.32 Å². The first-order chi connectivity index (χ1) is 12.1. The van der Waals surface area contributed by atoms with Gasteiger partial charge < -0.3 is 20.3 Å². The zero-order valence-electron chi connectivity index (χ0n) is 13.4. The maximum atomic E-state index is 11.4. The largest absolute Gasteiger partial charge is 0.481 e. The minimum absolute atomic E-state index is 0.132. The van der Waals surface area contributed by atoms with Crippen LogP contribution < -0.4 is 5.32 Å². The predicted molar refractivity (Wildman–Crippen MR) is 73.7 cm³/mol. The average molecular weight is 387 g/mol. The van der Waals surface area contributed by atoms with Gasteiger partial charge in [0.2, 0.25) is 0 Å². The highest BCUT2D eigenvalue weighted by molar-refractivity contribution is 5.84. The van der Waals surface area contributed by atoms with Crippen LogP contribution in [0.25, 0.3) is 0 Å². The summed E-state index contributed by atoms with van der Waals surface area (Å²) in [6, 6.07) is -1.63. The molecule has 2 atom stereocenters. The van der Waals surface area contributed by atoms with Crippen molar-refractivity contribution in [1.82, 2.24) is 16.1 Å². The molecule has 7 N–H and O–H groups in total. The van der Waals surface area contributed by atoms with Crippen molar-refractivity contribution in [3.8, 4) is 0 Å². The monoisotopic (exact) mass is 387 g/mol. The van der Waals surface area contributed by atoms with E-state index in [0.717, 1.165) is 0 Å². The van der Waals surface area contributed by atoms with Crippen LogP contribution in [0.1, 0.15) is 25.7 Å². The number of amides is 1. The van der Waals surface area contributed by atoms with Crippen LogP contribution in [0.3, 0.4) is 0 Å². The maximum Gasteiger partial charge on any atom is 0.407 e. The lowest BCUT2D eigenvalue weighted by atomic mass is 10.2. The molecule has 15 nitrogen and oxygen atoms in total. The van der Waals surface area contributed by atoms with E-state index in [4.69, 9.17) is 31.0 Å². The Labute approximate surface area is 146 Å². The highest BCUT2D eigenvalue weighted by Gasteiger charge is 2.23. The Kier molecular flexibility index (Phi) is 12.1. The van der Waals surface area contributed by atoms with Gasteiger partial charge in [0.15, 0.2) is 0 Å². The zero-order chi connectivity index (χ0) is 20.1. The molecule has 1 amide bonds. The van der Waals surface area contributed by atoms with Crippen molar-refractivity contribution in [1.29, 1.82) is 0 Å². The Morgan fingerprint density at radius 3 is 2.15 bits per heavy atom. The van der Waals surface area contributed by atoms with Gasteiger partial charge in [0.05, 0.1) is 23.8 Å². The molecule has 15 heteroatoms. The number of carboxylic acid groups (broad SMARTS) is 2. The van der Waals surface area contributed by atoms with Gasteiger partial charge in [-0.1, -0.05) is 0 Å². The molecule has 0 aromatic rings. The van der Waals surface area contributed by atoms with Crippen molar-refractivity contribution in [3.63, 3.8) is 0 Å². The van der Waals surface area contributed by atoms with Crippen molar-refractivity contribution < 1.29 is 59.8 Å². The van der Waals surface area contributed by atoms with Gasteiger partial charge in [-0.25, -0.2) is 19.3 Å². The van der Waals surface area contributed by atoms with Crippen molar-refractivity contribution >= 4 is 18.0 Å². The van der Waals surface area contributed by atoms with E-state index in [9.17, 15) is 14.4 Å². The fraction of sp³-hybridized carbons (Fsp3) is 0.727. The lowest BCUT2D eigenvalue weighted by Gasteiger charge is -2.19. The molecule has 0 spiro atoms. The highest BCUT2D eigenvalue weighted by atomic mass is 17.1. The number of carbonyl (C=O) groups is 3. The van der Waals surface area contributed by atoms with Gasteiger partial charge in [-0.3, -0.25) is 25.6 Å². The molecule has 26 heavy (non-hydrogen) atoms. The molecule has 152 valence electrons. The van der Waals surface area contributed by atoms with Crippen LogP contribution in [0.15, 0.2) is 0 Å². The van der Waals surface area contributed by atoms with Crippen LogP contribution in [0.2, 0.25) is 0 Å². The van der Waals surface area contributed by atoms with Gasteiger partial charge in [0, 0.05) is 0 Å². The minimum Gasteiger partial charge on any atom is -0.481 e. The van der Waals surface area contributed by atoms with Crippen LogP contribution in [0.5, 0.6) is 0 Å². The van der Waals surface area contributed by atoms with Gasteiger partial charge >= 0.3 is 18.0 Å². The summed E-state index contributed by atoms with van der Waals surface area (Å²) in [4.78, 5) is 41.4. The van der Waals surface area contributed by atoms with E-state index >= 15 is 0 Å². The van der Waals surface area contributed by atoms with Crippen LogP contribution in [-0.4, -0.2) is 85.2 Å². The number of hydrogen-bond acceptors (Lipinski definition) is 12. The first-order valence-corrected chi connectivity index (χ1v) is 7.15. The summed E-state index contributed by atoms with van der Waals surface area (Å²) in [5.41, 5.74) is 0. The van der Waals surface area contributed by atoms with Gasteiger partial charge in [0.1, 0.15) is 18.8 Å².